The molecule has 0 bridgehead atoms. The van der Waals surface area contributed by atoms with Gasteiger partial charge in [-0.2, -0.15) is 0 Å². The zero-order valence-electron chi connectivity index (χ0n) is 7.17. The summed E-state index contributed by atoms with van der Waals surface area (Å²) in [6.45, 7) is 0.699. The molecule has 0 atom stereocenters. The third kappa shape index (κ3) is 1.56. The van der Waals surface area contributed by atoms with Gasteiger partial charge in [0.25, 0.3) is 0 Å². The number of rotatable bonds is 1. The van der Waals surface area contributed by atoms with Gasteiger partial charge in [0.15, 0.2) is 17.9 Å². The van der Waals surface area contributed by atoms with Gasteiger partial charge in [0, 0.05) is 6.07 Å². The second-order valence-corrected chi connectivity index (χ2v) is 2.90. The van der Waals surface area contributed by atoms with Crippen molar-refractivity contribution < 1.29 is 23.4 Å². The van der Waals surface area contributed by atoms with E-state index >= 15 is 0 Å². The van der Waals surface area contributed by atoms with Crippen LogP contribution in [0.3, 0.4) is 0 Å². The van der Waals surface area contributed by atoms with E-state index in [1.165, 1.54) is 0 Å². The van der Waals surface area contributed by atoms with Crippen molar-refractivity contribution in [2.24, 2.45) is 0 Å². The Kier molecular flexibility index (Phi) is 2.35. The van der Waals surface area contributed by atoms with E-state index < -0.39 is 23.7 Å². The van der Waals surface area contributed by atoms with Gasteiger partial charge in [0.2, 0.25) is 0 Å². The number of phenolic OH excluding ortho intramolecular Hbond substituents is 1. The summed E-state index contributed by atoms with van der Waals surface area (Å²) in [6, 6.07) is 1.60. The topological polar surface area (TPSA) is 38.7 Å². The summed E-state index contributed by atoms with van der Waals surface area (Å²) >= 11 is 0. The molecule has 0 aliphatic carbocycles. The molecular formula is C9H8F2O3. The van der Waals surface area contributed by atoms with Crippen molar-refractivity contribution in [1.82, 2.24) is 0 Å². The fourth-order valence-electron chi connectivity index (χ4n) is 1.30. The van der Waals surface area contributed by atoms with Gasteiger partial charge >= 0.3 is 0 Å². The van der Waals surface area contributed by atoms with Crippen LogP contribution in [0.5, 0.6) is 5.75 Å². The highest BCUT2D eigenvalue weighted by molar-refractivity contribution is 5.35. The summed E-state index contributed by atoms with van der Waals surface area (Å²) in [4.78, 5) is 0. The van der Waals surface area contributed by atoms with Crippen molar-refractivity contribution in [2.75, 3.05) is 13.2 Å². The molecule has 1 heterocycles. The number of phenols is 1. The molecule has 1 aliphatic rings. The molecule has 14 heavy (non-hydrogen) atoms. The minimum Gasteiger partial charge on any atom is -0.504 e. The summed E-state index contributed by atoms with van der Waals surface area (Å²) in [7, 11) is 0. The largest absolute Gasteiger partial charge is 0.504 e. The first-order chi connectivity index (χ1) is 6.68. The molecule has 1 fully saturated rings. The standard InChI is InChI=1S/C9H8F2O3/c10-5-3-6(8(12)7(11)4-5)9-13-1-2-14-9/h3-4,9,12H,1-2H2. The molecule has 1 aromatic carbocycles. The molecule has 2 rings (SSSR count). The number of hydrogen-bond acceptors (Lipinski definition) is 3. The van der Waals surface area contributed by atoms with E-state index in [1.807, 2.05) is 0 Å². The number of halogens is 2. The fraction of sp³-hybridized carbons (Fsp3) is 0.333. The van der Waals surface area contributed by atoms with Crippen LogP contribution < -0.4 is 0 Å². The van der Waals surface area contributed by atoms with Gasteiger partial charge in [-0.05, 0) is 6.07 Å². The van der Waals surface area contributed by atoms with Gasteiger partial charge in [-0.15, -0.1) is 0 Å². The van der Waals surface area contributed by atoms with Crippen LogP contribution in [0.15, 0.2) is 12.1 Å². The van der Waals surface area contributed by atoms with Crippen LogP contribution in [-0.2, 0) is 9.47 Å². The molecule has 0 radical (unpaired) electrons. The first-order valence-electron chi connectivity index (χ1n) is 4.09. The predicted molar refractivity (Wildman–Crippen MR) is 42.7 cm³/mol. The van der Waals surface area contributed by atoms with E-state index in [1.54, 1.807) is 0 Å². The maximum absolute atomic E-state index is 12.9. The Bertz CT molecular complexity index is 348. The molecule has 0 aromatic heterocycles. The zero-order chi connectivity index (χ0) is 10.1. The summed E-state index contributed by atoms with van der Waals surface area (Å²) in [6.07, 6.45) is -0.875. The van der Waals surface area contributed by atoms with Gasteiger partial charge in [-0.1, -0.05) is 0 Å². The molecule has 76 valence electrons. The Balaban J connectivity index is 2.40. The summed E-state index contributed by atoms with van der Waals surface area (Å²) in [5.41, 5.74) is -0.0139. The lowest BCUT2D eigenvalue weighted by Crippen LogP contribution is -2.00. The van der Waals surface area contributed by atoms with Gasteiger partial charge in [-0.25, -0.2) is 8.78 Å². The minimum atomic E-state index is -1.01. The molecule has 0 saturated carbocycles. The highest BCUT2D eigenvalue weighted by atomic mass is 19.1. The quantitative estimate of drug-likeness (QED) is 0.753. The third-order valence-corrected chi connectivity index (χ3v) is 1.93. The van der Waals surface area contributed by atoms with Crippen molar-refractivity contribution >= 4 is 0 Å². The molecule has 1 aliphatic heterocycles. The van der Waals surface area contributed by atoms with Gasteiger partial charge in [-0.3, -0.25) is 0 Å². The Morgan fingerprint density at radius 2 is 1.86 bits per heavy atom. The van der Waals surface area contributed by atoms with E-state index in [0.29, 0.717) is 19.3 Å². The highest BCUT2D eigenvalue weighted by Crippen LogP contribution is 2.32. The van der Waals surface area contributed by atoms with Crippen LogP contribution in [0, 0.1) is 11.6 Å². The summed E-state index contributed by atoms with van der Waals surface area (Å²) in [5.74, 6) is -2.41. The van der Waals surface area contributed by atoms with Crippen LogP contribution in [-0.4, -0.2) is 18.3 Å². The van der Waals surface area contributed by atoms with Crippen LogP contribution in [0.4, 0.5) is 8.78 Å². The van der Waals surface area contributed by atoms with Crippen LogP contribution in [0.25, 0.3) is 0 Å². The molecule has 1 saturated heterocycles. The van der Waals surface area contributed by atoms with Crippen molar-refractivity contribution in [3.05, 3.63) is 29.3 Å². The van der Waals surface area contributed by atoms with E-state index in [2.05, 4.69) is 0 Å². The molecule has 1 N–H and O–H groups in total. The van der Waals surface area contributed by atoms with Gasteiger partial charge in [0.05, 0.1) is 18.8 Å². The third-order valence-electron chi connectivity index (χ3n) is 1.93. The number of ether oxygens (including phenoxy) is 2. The average Bonchev–Trinajstić information content (AvgIpc) is 2.63. The number of aromatic hydroxyl groups is 1. The van der Waals surface area contributed by atoms with E-state index in [4.69, 9.17) is 9.47 Å². The lowest BCUT2D eigenvalue weighted by Gasteiger charge is -2.11. The van der Waals surface area contributed by atoms with Crippen LogP contribution in [0.2, 0.25) is 0 Å². The second-order valence-electron chi connectivity index (χ2n) is 2.90. The molecule has 3 nitrogen and oxygen atoms in total. The maximum Gasteiger partial charge on any atom is 0.187 e. The van der Waals surface area contributed by atoms with Crippen molar-refractivity contribution in [3.63, 3.8) is 0 Å². The van der Waals surface area contributed by atoms with Gasteiger partial charge < -0.3 is 14.6 Å². The van der Waals surface area contributed by atoms with Crippen LogP contribution >= 0.6 is 0 Å². The summed E-state index contributed by atoms with van der Waals surface area (Å²) < 4.78 is 35.7. The summed E-state index contributed by atoms with van der Waals surface area (Å²) in [5, 5.41) is 9.28. The molecule has 0 amide bonds. The van der Waals surface area contributed by atoms with E-state index in [-0.39, 0.29) is 5.56 Å². The Morgan fingerprint density at radius 1 is 1.21 bits per heavy atom. The molecule has 0 spiro atoms. The molecule has 5 heteroatoms. The SMILES string of the molecule is Oc1c(F)cc(F)cc1C1OCCO1. The van der Waals surface area contributed by atoms with Gasteiger partial charge in [0.1, 0.15) is 5.82 Å². The fourth-order valence-corrected chi connectivity index (χ4v) is 1.30. The average molecular weight is 202 g/mol. The number of benzene rings is 1. The maximum atomic E-state index is 12.9. The second kappa shape index (κ2) is 3.51. The number of hydrogen-bond donors (Lipinski definition) is 1. The Labute approximate surface area is 78.9 Å². The van der Waals surface area contributed by atoms with Crippen molar-refractivity contribution in [2.45, 2.75) is 6.29 Å². The first kappa shape index (κ1) is 9.36. The normalized spacial score (nSPS) is 17.6. The molecular weight excluding hydrogens is 194 g/mol. The van der Waals surface area contributed by atoms with Crippen LogP contribution in [0.1, 0.15) is 11.9 Å². The molecule has 1 aromatic rings. The minimum absolute atomic E-state index is 0.0139. The smallest absolute Gasteiger partial charge is 0.187 e. The Morgan fingerprint density at radius 3 is 2.50 bits per heavy atom. The molecule has 0 unspecified atom stereocenters. The monoisotopic (exact) mass is 202 g/mol. The zero-order valence-corrected chi connectivity index (χ0v) is 7.17. The lowest BCUT2D eigenvalue weighted by molar-refractivity contribution is -0.0459. The first-order valence-corrected chi connectivity index (χ1v) is 4.09. The lowest BCUT2D eigenvalue weighted by atomic mass is 10.2. The Hall–Kier alpha value is -1.20. The van der Waals surface area contributed by atoms with Crippen molar-refractivity contribution in [1.29, 1.82) is 0 Å². The van der Waals surface area contributed by atoms with E-state index in [0.717, 1.165) is 6.07 Å². The predicted octanol–water partition coefficient (Wildman–Crippen LogP) is 1.72. The van der Waals surface area contributed by atoms with Crippen molar-refractivity contribution in [3.8, 4) is 5.75 Å². The van der Waals surface area contributed by atoms with E-state index in [9.17, 15) is 13.9 Å². The highest BCUT2D eigenvalue weighted by Gasteiger charge is 2.24.